The van der Waals surface area contributed by atoms with Gasteiger partial charge in [-0.3, -0.25) is 28.8 Å². The highest BCUT2D eigenvalue weighted by Crippen LogP contribution is 2.40. The summed E-state index contributed by atoms with van der Waals surface area (Å²) in [5.41, 5.74) is 23.7. The van der Waals surface area contributed by atoms with Crippen molar-refractivity contribution < 1.29 is 57.1 Å². The molecule has 0 bridgehead atoms. The van der Waals surface area contributed by atoms with Crippen molar-refractivity contribution in [3.8, 4) is 17.2 Å². The van der Waals surface area contributed by atoms with Crippen LogP contribution in [0.2, 0.25) is 0 Å². The fourth-order valence-corrected chi connectivity index (χ4v) is 7.74. The van der Waals surface area contributed by atoms with Gasteiger partial charge in [-0.05, 0) is 252 Å². The molecule has 6 aromatic rings. The Labute approximate surface area is 558 Å². The van der Waals surface area contributed by atoms with Gasteiger partial charge in [0, 0.05) is 65.7 Å². The van der Waals surface area contributed by atoms with Gasteiger partial charge in [-0.15, -0.1) is 0 Å². The van der Waals surface area contributed by atoms with Crippen molar-refractivity contribution in [2.75, 3.05) is 30.7 Å². The summed E-state index contributed by atoms with van der Waals surface area (Å²) in [6, 6.07) is 29.9. The SMILES string of the molecule is CC(=O)Oc1cc(/C=C/C(=O)Nc2ccc(C)cc2)cc(OC(C)=O)c1OC(C)=O.CCN(CC)CC.Cc1cc(/C=C/C(=O)Cl)cc(C)c1C.Cc1cc(/C=C/C(=O)Cl)cc(C)c1C.Cc1cc(/C=C/C(=O)O)cc(C)c1C.Cc1ccc(N)cc1.O=S(Cl)Cl. The molecule has 0 unspecified atom stereocenters. The summed E-state index contributed by atoms with van der Waals surface area (Å²) in [5, 5.41) is 10.3. The summed E-state index contributed by atoms with van der Waals surface area (Å²) in [5.74, 6) is -3.82. The minimum absolute atomic E-state index is 0.130. The average Bonchev–Trinajstić information content (AvgIpc) is 0.992. The lowest BCUT2D eigenvalue weighted by atomic mass is 10.0. The van der Waals surface area contributed by atoms with E-state index in [1.54, 1.807) is 30.4 Å². The molecule has 490 valence electrons. The Morgan fingerprint density at radius 3 is 1.03 bits per heavy atom. The number of aryl methyl sites for hydroxylation is 8. The van der Waals surface area contributed by atoms with Crippen LogP contribution in [0.15, 0.2) is 121 Å². The second kappa shape index (κ2) is 44.5. The molecule has 4 N–H and O–H groups in total. The van der Waals surface area contributed by atoms with E-state index in [0.717, 1.165) is 40.9 Å². The number of nitrogens with one attached hydrogen (secondary N) is 1. The lowest BCUT2D eigenvalue weighted by Crippen LogP contribution is -2.21. The van der Waals surface area contributed by atoms with E-state index in [-0.39, 0.29) is 17.2 Å². The highest BCUT2D eigenvalue weighted by molar-refractivity contribution is 8.26. The van der Waals surface area contributed by atoms with Gasteiger partial charge in [0.2, 0.25) is 31.4 Å². The van der Waals surface area contributed by atoms with Gasteiger partial charge in [0.1, 0.15) is 0 Å². The summed E-state index contributed by atoms with van der Waals surface area (Å²) in [6.07, 6.45) is 11.7. The highest BCUT2D eigenvalue weighted by atomic mass is 36.0. The number of aliphatic carboxylic acids is 1. The molecule has 6 aromatic carbocycles. The average molecular weight is 1350 g/mol. The Morgan fingerprint density at radius 2 is 0.769 bits per heavy atom. The number of hydrogen-bond acceptors (Lipinski definition) is 13. The first-order chi connectivity index (χ1) is 42.5. The first-order valence-electron chi connectivity index (χ1n) is 28.5. The first kappa shape index (κ1) is 83.0. The molecule has 0 atom stereocenters. The van der Waals surface area contributed by atoms with Crippen molar-refractivity contribution in [3.63, 3.8) is 0 Å². The van der Waals surface area contributed by atoms with E-state index < -0.39 is 49.5 Å². The fourth-order valence-electron chi connectivity index (χ4n) is 7.62. The van der Waals surface area contributed by atoms with Crippen molar-refractivity contribution >= 4 is 130 Å². The summed E-state index contributed by atoms with van der Waals surface area (Å²) in [4.78, 5) is 80.2. The van der Waals surface area contributed by atoms with E-state index in [2.05, 4.69) is 101 Å². The zero-order valence-electron chi connectivity index (χ0n) is 54.9. The number of carboxylic acid groups (broad SMARTS) is 1. The van der Waals surface area contributed by atoms with Crippen molar-refractivity contribution in [2.24, 2.45) is 0 Å². The number of carbonyl (C=O) groups excluding carboxylic acids is 6. The van der Waals surface area contributed by atoms with Crippen LogP contribution in [-0.2, 0) is 42.8 Å². The Balaban J connectivity index is 0.00000113. The molecule has 20 heteroatoms. The summed E-state index contributed by atoms with van der Waals surface area (Å²) >= 11 is 10.4. The molecule has 0 spiro atoms. The van der Waals surface area contributed by atoms with E-state index in [4.69, 9.17) is 52.5 Å². The molecule has 6 rings (SSSR count). The molecule has 0 heterocycles. The Bertz CT molecular complexity index is 3240. The smallest absolute Gasteiger partial charge is 0.328 e. The van der Waals surface area contributed by atoms with Crippen LogP contribution >= 0.6 is 44.6 Å². The fraction of sp³-hybridized carbons (Fsp3) is 0.282. The number of ether oxygens (including phenoxy) is 3. The molecule has 0 saturated carbocycles. The molecule has 0 aliphatic heterocycles. The maximum atomic E-state index is 12.2. The molecule has 15 nitrogen and oxygen atoms in total. The Hall–Kier alpha value is -7.96. The van der Waals surface area contributed by atoms with Crippen molar-refractivity contribution in [2.45, 2.75) is 118 Å². The number of esters is 3. The number of anilines is 2. The third-order valence-corrected chi connectivity index (χ3v) is 13.3. The molecule has 0 saturated heterocycles. The number of hydrogen-bond donors (Lipinski definition) is 3. The summed E-state index contributed by atoms with van der Waals surface area (Å²) < 4.78 is 24.3. The van der Waals surface area contributed by atoms with Crippen LogP contribution in [0, 0.1) is 76.2 Å². The van der Waals surface area contributed by atoms with E-state index >= 15 is 0 Å². The Kier molecular flexibility index (Phi) is 40.6. The van der Waals surface area contributed by atoms with Crippen LogP contribution in [0.5, 0.6) is 17.2 Å². The zero-order valence-corrected chi connectivity index (χ0v) is 58.7. The number of benzene rings is 6. The van der Waals surface area contributed by atoms with Crippen LogP contribution in [0.25, 0.3) is 24.3 Å². The van der Waals surface area contributed by atoms with Gasteiger partial charge in [0.25, 0.3) is 0 Å². The van der Waals surface area contributed by atoms with Gasteiger partial charge in [0.15, 0.2) is 11.5 Å². The number of rotatable bonds is 15. The van der Waals surface area contributed by atoms with Gasteiger partial charge in [-0.1, -0.05) is 105 Å². The van der Waals surface area contributed by atoms with Gasteiger partial charge in [0.05, 0.1) is 0 Å². The van der Waals surface area contributed by atoms with Crippen molar-refractivity contribution in [1.82, 2.24) is 4.90 Å². The summed E-state index contributed by atoms with van der Waals surface area (Å²) in [6.45, 7) is 36.1. The highest BCUT2D eigenvalue weighted by Gasteiger charge is 2.20. The van der Waals surface area contributed by atoms with Crippen LogP contribution in [0.1, 0.15) is 125 Å². The van der Waals surface area contributed by atoms with Crippen LogP contribution in [0.4, 0.5) is 11.4 Å². The standard InChI is InChI=1S/C22H21NO7.2C12H13ClO.C12H14O2.C7H9N.C6H15N.Cl2OS/c1-13-5-8-18(9-6-13)23-21(27)10-7-17-11-19(28-14(2)24)22(30-16(4)26)20(12-17)29-15(3)25;3*1-8-6-11(4-5-12(13)14)7-9(2)10(8)3;1-6-2-4-7(8)5-3-6;1-4-7(5-2)6-3;1-4(2)3/h5-12H,1-4H3,(H,23,27);2*4-7H,1-3H3;4-7H,1-3H3,(H,13,14);2-5H,8H2,1H3;4-6H2,1-3H3;/b10-7+;3*5-4+;;;. The van der Waals surface area contributed by atoms with Gasteiger partial charge in [-0.2, -0.15) is 0 Å². The predicted octanol–water partition coefficient (Wildman–Crippen LogP) is 16.9. The van der Waals surface area contributed by atoms with Gasteiger partial charge >= 0.3 is 23.9 Å². The van der Waals surface area contributed by atoms with Crippen LogP contribution < -0.4 is 25.3 Å². The molecule has 1 amide bonds. The van der Waals surface area contributed by atoms with Gasteiger partial charge in [-0.25, -0.2) is 9.00 Å². The normalized spacial score (nSPS) is 10.4. The molecular formula is C71H85Cl4N3O12S. The molecule has 0 radical (unpaired) electrons. The number of allylic oxidation sites excluding steroid dienone is 2. The topological polar surface area (TPSA) is 226 Å². The third kappa shape index (κ3) is 37.7. The second-order valence-electron chi connectivity index (χ2n) is 20.3. The van der Waals surface area contributed by atoms with Crippen LogP contribution in [0.3, 0.4) is 0 Å². The number of nitrogens with two attached hydrogens (primary N) is 1. The quantitative estimate of drug-likeness (QED) is 0.0286. The molecule has 0 aliphatic rings. The molecule has 0 aliphatic carbocycles. The second-order valence-corrected chi connectivity index (χ2v) is 23.6. The Morgan fingerprint density at radius 1 is 0.484 bits per heavy atom. The molecule has 0 fully saturated rings. The largest absolute Gasteiger partial charge is 0.478 e. The predicted molar refractivity (Wildman–Crippen MR) is 377 cm³/mol. The number of carboxylic acids is 1. The molecule has 0 aromatic heterocycles. The number of amides is 1. The minimum Gasteiger partial charge on any atom is -0.478 e. The zero-order chi connectivity index (χ0) is 69.7. The van der Waals surface area contributed by atoms with E-state index in [9.17, 15) is 33.6 Å². The maximum absolute atomic E-state index is 12.2. The number of halogens is 4. The van der Waals surface area contributed by atoms with E-state index in [1.165, 1.54) is 126 Å². The molecule has 91 heavy (non-hydrogen) atoms. The third-order valence-electron chi connectivity index (χ3n) is 13.0. The van der Waals surface area contributed by atoms with Crippen molar-refractivity contribution in [1.29, 1.82) is 0 Å². The number of nitrogen functional groups attached to an aromatic ring is 1. The van der Waals surface area contributed by atoms with E-state index in [0.29, 0.717) is 11.3 Å². The summed E-state index contributed by atoms with van der Waals surface area (Å²) in [7, 11) is 7.36. The van der Waals surface area contributed by atoms with E-state index in [1.807, 2.05) is 100 Å². The first-order valence-corrected chi connectivity index (χ1v) is 32.1. The van der Waals surface area contributed by atoms with Crippen molar-refractivity contribution in [3.05, 3.63) is 205 Å². The molecular weight excluding hydrogens is 1260 g/mol. The number of nitrogens with zero attached hydrogens (tertiary/aromatic N) is 1. The maximum Gasteiger partial charge on any atom is 0.328 e. The monoisotopic (exact) mass is 1340 g/mol. The van der Waals surface area contributed by atoms with Crippen LogP contribution in [-0.4, -0.2) is 74.1 Å². The van der Waals surface area contributed by atoms with Gasteiger partial charge < -0.3 is 35.3 Å². The minimum atomic E-state index is -1.67. The lowest BCUT2D eigenvalue weighted by Gasteiger charge is -2.14. The number of carbonyl (C=O) groups is 7. The lowest BCUT2D eigenvalue weighted by molar-refractivity contribution is -0.135.